The monoisotopic (exact) mass is 286 g/mol. The summed E-state index contributed by atoms with van der Waals surface area (Å²) in [5.41, 5.74) is 3.41. The first-order chi connectivity index (χ1) is 10.2. The SMILES string of the molecule is CC1CCc2cccc(NC(=O)CCC3CCCC3)c2N1. The minimum Gasteiger partial charge on any atom is -0.381 e. The van der Waals surface area contributed by atoms with Crippen molar-refractivity contribution in [1.29, 1.82) is 0 Å². The number of amides is 1. The van der Waals surface area contributed by atoms with Crippen molar-refractivity contribution < 1.29 is 4.79 Å². The maximum Gasteiger partial charge on any atom is 0.224 e. The second kappa shape index (κ2) is 6.50. The van der Waals surface area contributed by atoms with Crippen LogP contribution >= 0.6 is 0 Å². The predicted octanol–water partition coefficient (Wildman–Crippen LogP) is 4.34. The van der Waals surface area contributed by atoms with Gasteiger partial charge in [0.05, 0.1) is 11.4 Å². The van der Waals surface area contributed by atoms with E-state index in [0.717, 1.165) is 36.6 Å². The molecule has 1 saturated carbocycles. The summed E-state index contributed by atoms with van der Waals surface area (Å²) in [4.78, 5) is 12.2. The van der Waals surface area contributed by atoms with Crippen LogP contribution in [0.5, 0.6) is 0 Å². The Hall–Kier alpha value is -1.51. The summed E-state index contributed by atoms with van der Waals surface area (Å²) in [6.45, 7) is 2.20. The number of benzene rings is 1. The number of para-hydroxylation sites is 1. The van der Waals surface area contributed by atoms with Gasteiger partial charge in [0.2, 0.25) is 5.91 Å². The molecule has 3 rings (SSSR count). The Morgan fingerprint density at radius 1 is 1.29 bits per heavy atom. The molecule has 3 heteroatoms. The van der Waals surface area contributed by atoms with E-state index in [1.54, 1.807) is 0 Å². The summed E-state index contributed by atoms with van der Waals surface area (Å²) < 4.78 is 0. The third-order valence-electron chi connectivity index (χ3n) is 4.92. The molecule has 1 amide bonds. The lowest BCUT2D eigenvalue weighted by Crippen LogP contribution is -2.24. The van der Waals surface area contributed by atoms with Gasteiger partial charge in [0.15, 0.2) is 0 Å². The first kappa shape index (κ1) is 14.4. The summed E-state index contributed by atoms with van der Waals surface area (Å²) in [6.07, 6.45) is 9.27. The number of hydrogen-bond donors (Lipinski definition) is 2. The van der Waals surface area contributed by atoms with E-state index >= 15 is 0 Å². The summed E-state index contributed by atoms with van der Waals surface area (Å²) in [6, 6.07) is 6.69. The van der Waals surface area contributed by atoms with Crippen molar-refractivity contribution >= 4 is 17.3 Å². The third kappa shape index (κ3) is 3.58. The fraction of sp³-hybridized carbons (Fsp3) is 0.611. The van der Waals surface area contributed by atoms with Gasteiger partial charge < -0.3 is 10.6 Å². The zero-order chi connectivity index (χ0) is 14.7. The number of hydrogen-bond acceptors (Lipinski definition) is 2. The second-order valence-electron chi connectivity index (χ2n) is 6.66. The predicted molar refractivity (Wildman–Crippen MR) is 87.7 cm³/mol. The Balaban J connectivity index is 1.60. The van der Waals surface area contributed by atoms with E-state index in [1.165, 1.54) is 31.2 Å². The zero-order valence-corrected chi connectivity index (χ0v) is 13.0. The van der Waals surface area contributed by atoms with Crippen LogP contribution in [-0.2, 0) is 11.2 Å². The lowest BCUT2D eigenvalue weighted by Gasteiger charge is -2.26. The highest BCUT2D eigenvalue weighted by Crippen LogP contribution is 2.33. The molecule has 1 fully saturated rings. The number of fused-ring (bicyclic) bond motifs is 1. The number of rotatable bonds is 4. The average Bonchev–Trinajstić information content (AvgIpc) is 2.99. The minimum absolute atomic E-state index is 0.162. The first-order valence-corrected chi connectivity index (χ1v) is 8.40. The third-order valence-corrected chi connectivity index (χ3v) is 4.92. The highest BCUT2D eigenvalue weighted by molar-refractivity contribution is 5.95. The van der Waals surface area contributed by atoms with Crippen LogP contribution in [0, 0.1) is 5.92 Å². The Bertz CT molecular complexity index is 506. The highest BCUT2D eigenvalue weighted by Gasteiger charge is 2.19. The Labute approximate surface area is 127 Å². The van der Waals surface area contributed by atoms with Gasteiger partial charge in [0.1, 0.15) is 0 Å². The van der Waals surface area contributed by atoms with Crippen molar-refractivity contribution in [3.63, 3.8) is 0 Å². The molecule has 114 valence electrons. The zero-order valence-electron chi connectivity index (χ0n) is 13.0. The smallest absolute Gasteiger partial charge is 0.224 e. The number of carbonyl (C=O) groups is 1. The van der Waals surface area contributed by atoms with Crippen LogP contribution < -0.4 is 10.6 Å². The van der Waals surface area contributed by atoms with Crippen LogP contribution in [0.2, 0.25) is 0 Å². The van der Waals surface area contributed by atoms with Gasteiger partial charge in [-0.3, -0.25) is 4.79 Å². The lowest BCUT2D eigenvalue weighted by atomic mass is 9.97. The lowest BCUT2D eigenvalue weighted by molar-refractivity contribution is -0.116. The van der Waals surface area contributed by atoms with Crippen molar-refractivity contribution in [2.75, 3.05) is 10.6 Å². The van der Waals surface area contributed by atoms with Gasteiger partial charge in [-0.15, -0.1) is 0 Å². The quantitative estimate of drug-likeness (QED) is 0.864. The van der Waals surface area contributed by atoms with Crippen molar-refractivity contribution in [3.05, 3.63) is 23.8 Å². The van der Waals surface area contributed by atoms with E-state index in [-0.39, 0.29) is 5.91 Å². The van der Waals surface area contributed by atoms with Gasteiger partial charge in [-0.25, -0.2) is 0 Å². The molecule has 1 atom stereocenters. The summed E-state index contributed by atoms with van der Waals surface area (Å²) >= 11 is 0. The van der Waals surface area contributed by atoms with E-state index in [1.807, 2.05) is 12.1 Å². The number of nitrogens with one attached hydrogen (secondary N) is 2. The number of carbonyl (C=O) groups excluding carboxylic acids is 1. The molecule has 1 aliphatic heterocycles. The highest BCUT2D eigenvalue weighted by atomic mass is 16.1. The molecule has 1 aromatic rings. The molecule has 0 bridgehead atoms. The van der Waals surface area contributed by atoms with Crippen LogP contribution in [0.4, 0.5) is 11.4 Å². The average molecular weight is 286 g/mol. The molecule has 2 aliphatic rings. The Kier molecular flexibility index (Phi) is 4.47. The minimum atomic E-state index is 0.162. The molecular formula is C18H26N2O. The van der Waals surface area contributed by atoms with Crippen LogP contribution in [0.1, 0.15) is 57.4 Å². The van der Waals surface area contributed by atoms with Gasteiger partial charge in [-0.05, 0) is 43.7 Å². The van der Waals surface area contributed by atoms with Crippen molar-refractivity contribution in [1.82, 2.24) is 0 Å². The summed E-state index contributed by atoms with van der Waals surface area (Å²) in [7, 11) is 0. The van der Waals surface area contributed by atoms with Gasteiger partial charge in [-0.2, -0.15) is 0 Å². The fourth-order valence-corrected chi connectivity index (χ4v) is 3.62. The molecule has 0 spiro atoms. The van der Waals surface area contributed by atoms with Crippen molar-refractivity contribution in [3.8, 4) is 0 Å². The first-order valence-electron chi connectivity index (χ1n) is 8.40. The van der Waals surface area contributed by atoms with Gasteiger partial charge in [-0.1, -0.05) is 37.8 Å². The molecule has 1 aliphatic carbocycles. The molecule has 3 nitrogen and oxygen atoms in total. The fourth-order valence-electron chi connectivity index (χ4n) is 3.62. The maximum absolute atomic E-state index is 12.2. The summed E-state index contributed by atoms with van der Waals surface area (Å²) in [5, 5.41) is 6.63. The topological polar surface area (TPSA) is 41.1 Å². The van der Waals surface area contributed by atoms with Gasteiger partial charge in [0.25, 0.3) is 0 Å². The van der Waals surface area contributed by atoms with Crippen molar-refractivity contribution in [2.24, 2.45) is 5.92 Å². The normalized spacial score (nSPS) is 21.7. The summed E-state index contributed by atoms with van der Waals surface area (Å²) in [5.74, 6) is 0.939. The standard InChI is InChI=1S/C18H26N2O/c1-13-9-11-15-7-4-8-16(18(15)19-13)20-17(21)12-10-14-5-2-3-6-14/h4,7-8,13-14,19H,2-3,5-6,9-12H2,1H3,(H,20,21). The molecule has 1 unspecified atom stereocenters. The van der Waals surface area contributed by atoms with Gasteiger partial charge in [0, 0.05) is 12.5 Å². The Morgan fingerprint density at radius 3 is 2.90 bits per heavy atom. The van der Waals surface area contributed by atoms with Gasteiger partial charge >= 0.3 is 0 Å². The van der Waals surface area contributed by atoms with Crippen LogP contribution in [-0.4, -0.2) is 11.9 Å². The molecular weight excluding hydrogens is 260 g/mol. The maximum atomic E-state index is 12.2. The second-order valence-corrected chi connectivity index (χ2v) is 6.66. The number of anilines is 2. The molecule has 0 saturated heterocycles. The molecule has 0 radical (unpaired) electrons. The molecule has 1 heterocycles. The van der Waals surface area contributed by atoms with E-state index in [4.69, 9.17) is 0 Å². The molecule has 21 heavy (non-hydrogen) atoms. The molecule has 0 aromatic heterocycles. The van der Waals surface area contributed by atoms with Crippen LogP contribution in [0.15, 0.2) is 18.2 Å². The van der Waals surface area contributed by atoms with E-state index in [9.17, 15) is 4.79 Å². The number of aryl methyl sites for hydroxylation is 1. The van der Waals surface area contributed by atoms with E-state index in [0.29, 0.717) is 12.5 Å². The van der Waals surface area contributed by atoms with E-state index in [2.05, 4.69) is 23.6 Å². The van der Waals surface area contributed by atoms with Crippen LogP contribution in [0.3, 0.4) is 0 Å². The largest absolute Gasteiger partial charge is 0.381 e. The van der Waals surface area contributed by atoms with Crippen molar-refractivity contribution in [2.45, 2.75) is 64.3 Å². The van der Waals surface area contributed by atoms with Crippen LogP contribution in [0.25, 0.3) is 0 Å². The Morgan fingerprint density at radius 2 is 2.10 bits per heavy atom. The molecule has 1 aromatic carbocycles. The van der Waals surface area contributed by atoms with E-state index < -0.39 is 0 Å². The molecule has 2 N–H and O–H groups in total.